The van der Waals surface area contributed by atoms with E-state index in [2.05, 4.69) is 71.6 Å². The van der Waals surface area contributed by atoms with Crippen molar-refractivity contribution in [2.24, 2.45) is 0 Å². The highest BCUT2D eigenvalue weighted by Gasteiger charge is 2.26. The lowest BCUT2D eigenvalue weighted by Crippen LogP contribution is -1.89. The second-order valence-electron chi connectivity index (χ2n) is 11.9. The lowest BCUT2D eigenvalue weighted by atomic mass is 9.88. The Morgan fingerprint density at radius 1 is 0.479 bits per heavy atom. The van der Waals surface area contributed by atoms with Crippen LogP contribution in [0.25, 0.3) is 93.2 Å². The molecule has 2 heterocycles. The lowest BCUT2D eigenvalue weighted by molar-refractivity contribution is 0.665. The predicted octanol–water partition coefficient (Wildman–Crippen LogP) is 12.6. The monoisotopic (exact) mass is 612 g/mol. The fraction of sp³-hybridized carbons (Fsp3) is 0. The summed E-state index contributed by atoms with van der Waals surface area (Å²) in [6.07, 6.45) is 0. The van der Waals surface area contributed by atoms with Crippen LogP contribution in [0.4, 0.5) is 5.69 Å². The first-order valence-electron chi connectivity index (χ1n) is 15.7. The van der Waals surface area contributed by atoms with Crippen LogP contribution in [0.5, 0.6) is 0 Å². The summed E-state index contributed by atoms with van der Waals surface area (Å²) in [4.78, 5) is 3.65. The average molecular weight is 613 g/mol. The Balaban J connectivity index is 1.40. The van der Waals surface area contributed by atoms with E-state index in [1.165, 1.54) is 0 Å². The van der Waals surface area contributed by atoms with Crippen LogP contribution in [-0.4, -0.2) is 0 Å². The summed E-state index contributed by atoms with van der Waals surface area (Å²) < 4.78 is 13.7. The van der Waals surface area contributed by atoms with Crippen LogP contribution in [0.1, 0.15) is 5.56 Å². The number of nitrogens with zero attached hydrogens (tertiary/aromatic N) is 2. The molecule has 0 radical (unpaired) electrons. The van der Waals surface area contributed by atoms with Crippen LogP contribution in [-0.2, 0) is 0 Å². The summed E-state index contributed by atoms with van der Waals surface area (Å²) in [5.74, 6) is 0. The van der Waals surface area contributed by atoms with Crippen molar-refractivity contribution in [1.82, 2.24) is 0 Å². The first-order valence-corrected chi connectivity index (χ1v) is 15.7. The third kappa shape index (κ3) is 4.29. The van der Waals surface area contributed by atoms with E-state index in [1.54, 1.807) is 0 Å². The van der Waals surface area contributed by atoms with Gasteiger partial charge in [-0.1, -0.05) is 103 Å². The van der Waals surface area contributed by atoms with Gasteiger partial charge in [0, 0.05) is 32.7 Å². The molecule has 0 aliphatic rings. The van der Waals surface area contributed by atoms with Crippen LogP contribution >= 0.6 is 0 Å². The number of rotatable bonds is 4. The van der Waals surface area contributed by atoms with Gasteiger partial charge in [0.05, 0.1) is 18.2 Å². The molecular formula is C44H24N2O2. The van der Waals surface area contributed by atoms with E-state index in [0.29, 0.717) is 11.3 Å². The van der Waals surface area contributed by atoms with E-state index in [0.717, 1.165) is 88.4 Å². The first-order chi connectivity index (χ1) is 23.7. The quantitative estimate of drug-likeness (QED) is 0.186. The van der Waals surface area contributed by atoms with Gasteiger partial charge in [-0.3, -0.25) is 0 Å². The number of hydrogen-bond donors (Lipinski definition) is 0. The van der Waals surface area contributed by atoms with E-state index < -0.39 is 0 Å². The Hall–Kier alpha value is -6.88. The van der Waals surface area contributed by atoms with Gasteiger partial charge in [0.15, 0.2) is 5.69 Å². The van der Waals surface area contributed by atoms with Crippen molar-refractivity contribution in [3.05, 3.63) is 163 Å². The Kier molecular flexibility index (Phi) is 6.22. The summed E-state index contributed by atoms with van der Waals surface area (Å²) in [6, 6.07) is 50.8. The second-order valence-corrected chi connectivity index (χ2v) is 11.9. The molecule has 4 heteroatoms. The Bertz CT molecular complexity index is 2630. The van der Waals surface area contributed by atoms with Gasteiger partial charge in [-0.2, -0.15) is 5.26 Å². The van der Waals surface area contributed by atoms with Gasteiger partial charge in [-0.05, 0) is 75.8 Å². The number of fused-ring (bicyclic) bond motifs is 6. The maximum Gasteiger partial charge on any atom is 0.187 e. The molecule has 7 aromatic carbocycles. The van der Waals surface area contributed by atoms with Crippen molar-refractivity contribution in [1.29, 1.82) is 5.26 Å². The smallest absolute Gasteiger partial charge is 0.187 e. The molecule has 0 aliphatic carbocycles. The Morgan fingerprint density at radius 3 is 1.48 bits per heavy atom. The highest BCUT2D eigenvalue weighted by Crippen LogP contribution is 2.51. The molecule has 9 rings (SSSR count). The fourth-order valence-electron chi connectivity index (χ4n) is 6.95. The Morgan fingerprint density at radius 2 is 0.938 bits per heavy atom. The van der Waals surface area contributed by atoms with Gasteiger partial charge in [0.1, 0.15) is 22.3 Å². The van der Waals surface area contributed by atoms with Crippen molar-refractivity contribution in [2.75, 3.05) is 0 Å². The molecule has 2 aromatic heterocycles. The molecule has 0 amide bonds. The van der Waals surface area contributed by atoms with Gasteiger partial charge in [0.25, 0.3) is 0 Å². The SMILES string of the molecule is [C-]#[N+]c1cccc(-c2cccc(-c3c4oc5ccccc5c4c(-c4cccc(-c5cccc(C#N)c5)c4)c4oc5ccccc5c34)c2)c1. The normalized spacial score (nSPS) is 11.3. The maximum absolute atomic E-state index is 9.57. The first kappa shape index (κ1) is 27.4. The number of hydrogen-bond acceptors (Lipinski definition) is 3. The van der Waals surface area contributed by atoms with Crippen molar-refractivity contribution >= 4 is 49.6 Å². The summed E-state index contributed by atoms with van der Waals surface area (Å²) in [5, 5.41) is 13.5. The van der Waals surface area contributed by atoms with E-state index in [4.69, 9.17) is 15.4 Å². The summed E-state index contributed by atoms with van der Waals surface area (Å²) in [7, 11) is 0. The molecule has 4 nitrogen and oxygen atoms in total. The number of nitriles is 1. The summed E-state index contributed by atoms with van der Waals surface area (Å²) in [6.45, 7) is 7.53. The van der Waals surface area contributed by atoms with Gasteiger partial charge < -0.3 is 8.83 Å². The lowest BCUT2D eigenvalue weighted by Gasteiger charge is -2.13. The zero-order valence-electron chi connectivity index (χ0n) is 25.6. The highest BCUT2D eigenvalue weighted by molar-refractivity contribution is 6.30. The zero-order valence-corrected chi connectivity index (χ0v) is 25.6. The van der Waals surface area contributed by atoms with Crippen molar-refractivity contribution in [2.45, 2.75) is 0 Å². The van der Waals surface area contributed by atoms with Gasteiger partial charge in [-0.15, -0.1) is 0 Å². The third-order valence-electron chi connectivity index (χ3n) is 9.08. The number of benzene rings is 7. The molecule has 0 saturated heterocycles. The van der Waals surface area contributed by atoms with E-state index in [9.17, 15) is 5.26 Å². The minimum absolute atomic E-state index is 0.603. The Labute approximate surface area is 276 Å². The molecule has 0 spiro atoms. The third-order valence-corrected chi connectivity index (χ3v) is 9.08. The molecule has 0 unspecified atom stereocenters. The van der Waals surface area contributed by atoms with Crippen LogP contribution in [0.3, 0.4) is 0 Å². The van der Waals surface area contributed by atoms with Gasteiger partial charge >= 0.3 is 0 Å². The average Bonchev–Trinajstić information content (AvgIpc) is 3.73. The van der Waals surface area contributed by atoms with E-state index in [1.807, 2.05) is 84.9 Å². The van der Waals surface area contributed by atoms with Crippen molar-refractivity contribution in [3.63, 3.8) is 0 Å². The highest BCUT2D eigenvalue weighted by atomic mass is 16.3. The number of para-hydroxylation sites is 2. The predicted molar refractivity (Wildman–Crippen MR) is 194 cm³/mol. The van der Waals surface area contributed by atoms with Crippen molar-refractivity contribution in [3.8, 4) is 50.6 Å². The zero-order chi connectivity index (χ0) is 32.2. The molecular weight excluding hydrogens is 588 g/mol. The fourth-order valence-corrected chi connectivity index (χ4v) is 6.95. The molecule has 0 atom stereocenters. The van der Waals surface area contributed by atoms with Crippen LogP contribution in [0.15, 0.2) is 154 Å². The standard InChI is InChI=1S/C44H24N2O2/c1-46-34-17-9-14-31(25-34)30-13-8-16-33(24-30)40-42-36-19-3-5-21-38(36)47-43(42)39(41-35-18-2-4-20-37(35)48-44(40)41)32-15-7-12-29(23-32)28-11-6-10-27(22-28)26-45/h2-25H. The van der Waals surface area contributed by atoms with Crippen LogP contribution in [0.2, 0.25) is 0 Å². The number of furan rings is 2. The van der Waals surface area contributed by atoms with Crippen LogP contribution < -0.4 is 0 Å². The molecule has 0 fully saturated rings. The summed E-state index contributed by atoms with van der Waals surface area (Å²) in [5.41, 5.74) is 12.3. The van der Waals surface area contributed by atoms with Crippen LogP contribution in [0, 0.1) is 17.9 Å². The minimum Gasteiger partial charge on any atom is -0.455 e. The van der Waals surface area contributed by atoms with Gasteiger partial charge in [-0.25, -0.2) is 4.85 Å². The molecule has 0 N–H and O–H groups in total. The molecule has 0 bridgehead atoms. The molecule has 9 aromatic rings. The molecule has 0 saturated carbocycles. The second kappa shape index (κ2) is 10.9. The molecule has 0 aliphatic heterocycles. The maximum atomic E-state index is 9.57. The summed E-state index contributed by atoms with van der Waals surface area (Å²) >= 11 is 0. The molecule has 222 valence electrons. The van der Waals surface area contributed by atoms with Gasteiger partial charge in [0.2, 0.25) is 0 Å². The van der Waals surface area contributed by atoms with Crippen molar-refractivity contribution < 1.29 is 8.83 Å². The molecule has 48 heavy (non-hydrogen) atoms. The van der Waals surface area contributed by atoms with E-state index >= 15 is 0 Å². The van der Waals surface area contributed by atoms with E-state index in [-0.39, 0.29) is 0 Å². The minimum atomic E-state index is 0.603. The topological polar surface area (TPSA) is 54.4 Å². The largest absolute Gasteiger partial charge is 0.455 e.